The van der Waals surface area contributed by atoms with E-state index in [4.69, 9.17) is 17.3 Å². The van der Waals surface area contributed by atoms with E-state index in [1.165, 1.54) is 18.3 Å². The smallest absolute Gasteiger partial charge is 0.263 e. The largest absolute Gasteiger partial charge is 0.398 e. The van der Waals surface area contributed by atoms with Crippen LogP contribution in [0.2, 0.25) is 5.28 Å². The minimum atomic E-state index is -3.80. The van der Waals surface area contributed by atoms with Crippen LogP contribution in [0.15, 0.2) is 33.8 Å². The van der Waals surface area contributed by atoms with Gasteiger partial charge in [0.2, 0.25) is 5.28 Å². The Balaban J connectivity index is 2.43. The molecule has 20 heavy (non-hydrogen) atoms. The predicted molar refractivity (Wildman–Crippen MR) is 81.1 cm³/mol. The Morgan fingerprint density at radius 3 is 2.75 bits per heavy atom. The SMILES string of the molecule is Cc1cc(Br)c(N)cc1S(=O)(=O)Nc1ccnc(Cl)n1. The first-order chi connectivity index (χ1) is 9.29. The molecule has 0 aliphatic carbocycles. The minimum absolute atomic E-state index is 0.0442. The molecule has 0 amide bonds. The van der Waals surface area contributed by atoms with E-state index < -0.39 is 10.0 Å². The molecule has 0 saturated carbocycles. The van der Waals surface area contributed by atoms with E-state index in [1.54, 1.807) is 13.0 Å². The summed E-state index contributed by atoms with van der Waals surface area (Å²) in [4.78, 5) is 7.53. The van der Waals surface area contributed by atoms with Crippen LogP contribution >= 0.6 is 27.5 Å². The van der Waals surface area contributed by atoms with Crippen molar-refractivity contribution in [2.24, 2.45) is 0 Å². The van der Waals surface area contributed by atoms with E-state index in [0.29, 0.717) is 15.7 Å². The molecular weight excluding hydrogens is 368 g/mol. The zero-order chi connectivity index (χ0) is 14.9. The lowest BCUT2D eigenvalue weighted by Gasteiger charge is -2.11. The van der Waals surface area contributed by atoms with Crippen molar-refractivity contribution in [3.63, 3.8) is 0 Å². The standard InChI is InChI=1S/C11H10BrClN4O2S/c1-6-4-7(12)8(14)5-9(6)20(18,19)17-10-2-3-15-11(13)16-10/h2-5H,14H2,1H3,(H,15,16,17). The summed E-state index contributed by atoms with van der Waals surface area (Å²) >= 11 is 8.86. The highest BCUT2D eigenvalue weighted by Crippen LogP contribution is 2.27. The summed E-state index contributed by atoms with van der Waals surface area (Å²) in [6.45, 7) is 1.67. The molecule has 0 saturated heterocycles. The van der Waals surface area contributed by atoms with Crippen molar-refractivity contribution < 1.29 is 8.42 Å². The number of hydrogen-bond donors (Lipinski definition) is 2. The van der Waals surface area contributed by atoms with Crippen LogP contribution in [0.4, 0.5) is 11.5 Å². The van der Waals surface area contributed by atoms with E-state index in [1.807, 2.05) is 0 Å². The molecule has 106 valence electrons. The number of sulfonamides is 1. The normalized spacial score (nSPS) is 11.3. The first-order valence-corrected chi connectivity index (χ1v) is 8.02. The molecule has 1 heterocycles. The summed E-state index contributed by atoms with van der Waals surface area (Å²) in [6.07, 6.45) is 1.36. The summed E-state index contributed by atoms with van der Waals surface area (Å²) in [6, 6.07) is 4.42. The molecule has 9 heteroatoms. The Labute approximate surface area is 129 Å². The van der Waals surface area contributed by atoms with Crippen LogP contribution in [0, 0.1) is 6.92 Å². The van der Waals surface area contributed by atoms with Crippen molar-refractivity contribution in [2.75, 3.05) is 10.5 Å². The van der Waals surface area contributed by atoms with E-state index in [-0.39, 0.29) is 16.0 Å². The molecule has 6 nitrogen and oxygen atoms in total. The van der Waals surface area contributed by atoms with Crippen LogP contribution in [0.5, 0.6) is 0 Å². The van der Waals surface area contributed by atoms with Gasteiger partial charge in [-0.2, -0.15) is 4.98 Å². The maximum atomic E-state index is 12.3. The Hall–Kier alpha value is -1.38. The molecule has 0 bridgehead atoms. The number of nitrogens with one attached hydrogen (secondary N) is 1. The van der Waals surface area contributed by atoms with Gasteiger partial charge < -0.3 is 5.73 Å². The van der Waals surface area contributed by atoms with Gasteiger partial charge in [0.1, 0.15) is 5.82 Å². The van der Waals surface area contributed by atoms with Gasteiger partial charge in [0.25, 0.3) is 10.0 Å². The predicted octanol–water partition coefficient (Wildman–Crippen LogP) is 2.58. The summed E-state index contributed by atoms with van der Waals surface area (Å²) < 4.78 is 27.6. The zero-order valence-electron chi connectivity index (χ0n) is 10.3. The molecule has 0 aliphatic rings. The molecule has 1 aromatic heterocycles. The number of benzene rings is 1. The number of rotatable bonds is 3. The fourth-order valence-corrected chi connectivity index (χ4v) is 3.41. The maximum Gasteiger partial charge on any atom is 0.263 e. The highest BCUT2D eigenvalue weighted by atomic mass is 79.9. The van der Waals surface area contributed by atoms with Crippen molar-refractivity contribution in [3.8, 4) is 0 Å². The highest BCUT2D eigenvalue weighted by Gasteiger charge is 2.19. The van der Waals surface area contributed by atoms with Crippen LogP contribution < -0.4 is 10.5 Å². The highest BCUT2D eigenvalue weighted by molar-refractivity contribution is 9.10. The van der Waals surface area contributed by atoms with E-state index in [9.17, 15) is 8.42 Å². The van der Waals surface area contributed by atoms with Crippen LogP contribution in [0.3, 0.4) is 0 Å². The monoisotopic (exact) mass is 376 g/mol. The van der Waals surface area contributed by atoms with E-state index in [0.717, 1.165) is 0 Å². The number of halogens is 2. The van der Waals surface area contributed by atoms with Gasteiger partial charge in [-0.15, -0.1) is 0 Å². The van der Waals surface area contributed by atoms with Gasteiger partial charge in [-0.1, -0.05) is 0 Å². The lowest BCUT2D eigenvalue weighted by atomic mass is 10.2. The van der Waals surface area contributed by atoms with Gasteiger partial charge in [0, 0.05) is 16.4 Å². The second-order valence-electron chi connectivity index (χ2n) is 3.96. The summed E-state index contributed by atoms with van der Waals surface area (Å²) in [7, 11) is -3.80. The van der Waals surface area contributed by atoms with Crippen LogP contribution in [0.25, 0.3) is 0 Å². The molecule has 3 N–H and O–H groups in total. The summed E-state index contributed by atoms with van der Waals surface area (Å²) in [5.41, 5.74) is 6.60. The topological polar surface area (TPSA) is 98.0 Å². The van der Waals surface area contributed by atoms with Crippen molar-refractivity contribution in [1.29, 1.82) is 0 Å². The minimum Gasteiger partial charge on any atom is -0.398 e. The molecule has 2 aromatic rings. The molecule has 0 radical (unpaired) electrons. The first-order valence-electron chi connectivity index (χ1n) is 5.36. The summed E-state index contributed by atoms with van der Waals surface area (Å²) in [5, 5.41) is -0.0442. The third kappa shape index (κ3) is 3.20. The number of hydrogen-bond acceptors (Lipinski definition) is 5. The summed E-state index contributed by atoms with van der Waals surface area (Å²) in [5.74, 6) is 0.0888. The molecule has 0 fully saturated rings. The molecule has 0 unspecified atom stereocenters. The molecular formula is C11H10BrClN4O2S. The zero-order valence-corrected chi connectivity index (χ0v) is 13.4. The Morgan fingerprint density at radius 1 is 1.40 bits per heavy atom. The molecule has 1 aromatic carbocycles. The van der Waals surface area contributed by atoms with Crippen molar-refractivity contribution >= 4 is 49.1 Å². The average Bonchev–Trinajstić information content (AvgIpc) is 2.33. The number of nitrogen functional groups attached to an aromatic ring is 1. The second-order valence-corrected chi connectivity index (χ2v) is 6.80. The Kier molecular flexibility index (Phi) is 4.17. The fourth-order valence-electron chi connectivity index (χ4n) is 1.54. The number of anilines is 2. The van der Waals surface area contributed by atoms with E-state index in [2.05, 4.69) is 30.6 Å². The Morgan fingerprint density at radius 2 is 2.10 bits per heavy atom. The number of aromatic nitrogens is 2. The second kappa shape index (κ2) is 5.55. The third-order valence-corrected chi connectivity index (χ3v) is 4.81. The van der Waals surface area contributed by atoms with Crippen molar-refractivity contribution in [3.05, 3.63) is 39.7 Å². The molecule has 0 atom stereocenters. The van der Waals surface area contributed by atoms with E-state index >= 15 is 0 Å². The van der Waals surface area contributed by atoms with Crippen molar-refractivity contribution in [1.82, 2.24) is 9.97 Å². The Bertz CT molecular complexity index is 767. The van der Waals surface area contributed by atoms with Gasteiger partial charge in [-0.25, -0.2) is 13.4 Å². The first kappa shape index (κ1) is 15.0. The van der Waals surface area contributed by atoms with Crippen molar-refractivity contribution in [2.45, 2.75) is 11.8 Å². The van der Waals surface area contributed by atoms with Gasteiger partial charge in [0.15, 0.2) is 0 Å². The quantitative estimate of drug-likeness (QED) is 0.633. The number of nitrogens with two attached hydrogens (primary N) is 1. The number of aryl methyl sites for hydroxylation is 1. The lowest BCUT2D eigenvalue weighted by molar-refractivity contribution is 0.600. The molecule has 2 rings (SSSR count). The molecule has 0 spiro atoms. The van der Waals surface area contributed by atoms with Gasteiger partial charge in [0.05, 0.1) is 4.90 Å². The van der Waals surface area contributed by atoms with Gasteiger partial charge in [-0.05, 0) is 58.2 Å². The fraction of sp³-hybridized carbons (Fsp3) is 0.0909. The van der Waals surface area contributed by atoms with Gasteiger partial charge >= 0.3 is 0 Å². The van der Waals surface area contributed by atoms with Crippen LogP contribution in [-0.2, 0) is 10.0 Å². The lowest BCUT2D eigenvalue weighted by Crippen LogP contribution is -2.15. The number of nitrogens with zero attached hydrogens (tertiary/aromatic N) is 2. The van der Waals surface area contributed by atoms with Crippen LogP contribution in [-0.4, -0.2) is 18.4 Å². The third-order valence-electron chi connectivity index (χ3n) is 2.45. The van der Waals surface area contributed by atoms with Crippen LogP contribution in [0.1, 0.15) is 5.56 Å². The van der Waals surface area contributed by atoms with Gasteiger partial charge in [-0.3, -0.25) is 4.72 Å². The molecule has 0 aliphatic heterocycles. The average molecular weight is 378 g/mol. The maximum absolute atomic E-state index is 12.3.